The first-order chi connectivity index (χ1) is 7.16. The minimum atomic E-state index is 0. The molecule has 0 aliphatic rings. The van der Waals surface area contributed by atoms with Crippen molar-refractivity contribution in [2.75, 3.05) is 5.73 Å². The van der Waals surface area contributed by atoms with E-state index in [1.807, 2.05) is 34.9 Å². The van der Waals surface area contributed by atoms with Crippen LogP contribution in [0.25, 0.3) is 0 Å². The highest BCUT2D eigenvalue weighted by Crippen LogP contribution is 2.17. The molecule has 0 saturated heterocycles. The van der Waals surface area contributed by atoms with Gasteiger partial charge >= 0.3 is 0 Å². The van der Waals surface area contributed by atoms with Gasteiger partial charge in [-0.2, -0.15) is 5.10 Å². The highest BCUT2D eigenvalue weighted by Gasteiger charge is 2.07. The van der Waals surface area contributed by atoms with Crippen molar-refractivity contribution in [3.05, 3.63) is 24.9 Å². The lowest BCUT2D eigenvalue weighted by atomic mass is 10.5. The Kier molecular flexibility index (Phi) is 3.78. The van der Waals surface area contributed by atoms with Gasteiger partial charge in [0.05, 0.1) is 19.8 Å². The summed E-state index contributed by atoms with van der Waals surface area (Å²) in [4.78, 5) is 0. The zero-order valence-electron chi connectivity index (χ0n) is 8.91. The highest BCUT2D eigenvalue weighted by atomic mass is 35.5. The molecule has 2 aromatic rings. The van der Waals surface area contributed by atoms with Gasteiger partial charge in [-0.05, 0) is 0 Å². The topological polar surface area (TPSA) is 72.9 Å². The van der Waals surface area contributed by atoms with Crippen molar-refractivity contribution in [1.82, 2.24) is 14.3 Å². The zero-order valence-corrected chi connectivity index (χ0v) is 9.67. The Hall–Kier alpha value is -1.69. The van der Waals surface area contributed by atoms with E-state index in [1.165, 1.54) is 10.9 Å². The number of aromatic nitrogens is 4. The summed E-state index contributed by atoms with van der Waals surface area (Å²) in [6.07, 6.45) is 7.33. The maximum Gasteiger partial charge on any atom is 0.243 e. The second-order valence-corrected chi connectivity index (χ2v) is 3.46. The Balaban J connectivity index is 0.00000128. The number of imidazole rings is 1. The molecule has 0 aliphatic heterocycles. The molecule has 0 aliphatic carbocycles. The Morgan fingerprint density at radius 2 is 2.25 bits per heavy atom. The maximum atomic E-state index is 9.48. The van der Waals surface area contributed by atoms with Crippen molar-refractivity contribution in [1.29, 1.82) is 0 Å². The molecule has 0 saturated carbocycles. The molecular formula is C9H14ClN5O. The third-order valence-electron chi connectivity index (χ3n) is 2.23. The van der Waals surface area contributed by atoms with E-state index in [4.69, 9.17) is 5.73 Å². The van der Waals surface area contributed by atoms with Gasteiger partial charge in [0, 0.05) is 0 Å². The molecule has 0 spiro atoms. The molecule has 0 amide bonds. The molecule has 0 bridgehead atoms. The van der Waals surface area contributed by atoms with Crippen molar-refractivity contribution in [2.24, 2.45) is 7.05 Å². The number of hydrogen-bond acceptors (Lipinski definition) is 3. The van der Waals surface area contributed by atoms with E-state index in [1.54, 1.807) is 0 Å². The van der Waals surface area contributed by atoms with Crippen LogP contribution in [0.5, 0.6) is 5.88 Å². The van der Waals surface area contributed by atoms with Crippen LogP contribution in [0.4, 0.5) is 5.69 Å². The molecule has 0 fully saturated rings. The van der Waals surface area contributed by atoms with E-state index in [0.717, 1.165) is 6.54 Å². The van der Waals surface area contributed by atoms with E-state index >= 15 is 0 Å². The van der Waals surface area contributed by atoms with E-state index in [2.05, 4.69) is 5.10 Å². The van der Waals surface area contributed by atoms with Gasteiger partial charge in [-0.15, -0.1) is 0 Å². The molecule has 2 aromatic heterocycles. The summed E-state index contributed by atoms with van der Waals surface area (Å²) in [6.45, 7) is 1.34. The standard InChI is InChI=1S/C9H13N5O.ClH/c1-12-2-3-13(7-12)4-5-14-9(15)8(10)6-11-14;/h2-3,6-7H,4-5,10H2,1H3;1H. The molecule has 0 radical (unpaired) electrons. The summed E-state index contributed by atoms with van der Waals surface area (Å²) >= 11 is 0. The first kappa shape index (κ1) is 12.4. The zero-order chi connectivity index (χ0) is 10.8. The number of rotatable bonds is 3. The number of nitrogens with two attached hydrogens (primary N) is 1. The van der Waals surface area contributed by atoms with E-state index in [0.29, 0.717) is 12.2 Å². The monoisotopic (exact) mass is 243 g/mol. The van der Waals surface area contributed by atoms with Crippen molar-refractivity contribution in [2.45, 2.75) is 13.1 Å². The average molecular weight is 244 g/mol. The fourth-order valence-electron chi connectivity index (χ4n) is 1.40. The molecule has 3 N–H and O–H groups in total. The summed E-state index contributed by atoms with van der Waals surface area (Å²) in [5.41, 5.74) is 5.78. The molecule has 2 heterocycles. The second-order valence-electron chi connectivity index (χ2n) is 3.46. The van der Waals surface area contributed by atoms with Crippen LogP contribution >= 0.6 is 0 Å². The normalized spacial score (nSPS) is 10.1. The van der Waals surface area contributed by atoms with Crippen LogP contribution in [-0.2, 0) is 20.1 Å². The molecule has 0 atom stereocenters. The van der Waals surface area contributed by atoms with Gasteiger partial charge in [0.2, 0.25) is 12.2 Å². The van der Waals surface area contributed by atoms with E-state index in [9.17, 15) is 5.11 Å². The van der Waals surface area contributed by atoms with Gasteiger partial charge in [-0.3, -0.25) is 0 Å². The lowest BCUT2D eigenvalue weighted by Crippen LogP contribution is -3.00. The predicted molar refractivity (Wildman–Crippen MR) is 53.9 cm³/mol. The Bertz CT molecular complexity index is 464. The first-order valence-electron chi connectivity index (χ1n) is 4.68. The fourth-order valence-corrected chi connectivity index (χ4v) is 1.40. The Morgan fingerprint density at radius 3 is 2.75 bits per heavy atom. The van der Waals surface area contributed by atoms with Crippen molar-refractivity contribution >= 4 is 5.69 Å². The quantitative estimate of drug-likeness (QED) is 0.550. The third kappa shape index (κ3) is 2.46. The number of hydrogen-bond donors (Lipinski definition) is 2. The SMILES string of the molecule is C[n+]1ccn(CCn2ncc(N)c2O)c1.[Cl-]. The summed E-state index contributed by atoms with van der Waals surface area (Å²) in [5.74, 6) is 0.0338. The number of nitrogen functional groups attached to an aromatic ring is 1. The molecule has 2 rings (SSSR count). The first-order valence-corrected chi connectivity index (χ1v) is 4.68. The number of nitrogens with zero attached hydrogens (tertiary/aromatic N) is 4. The summed E-state index contributed by atoms with van der Waals surface area (Å²) < 4.78 is 5.45. The minimum Gasteiger partial charge on any atom is -1.00 e. The highest BCUT2D eigenvalue weighted by molar-refractivity contribution is 5.45. The summed E-state index contributed by atoms with van der Waals surface area (Å²) in [7, 11) is 1.96. The smallest absolute Gasteiger partial charge is 0.243 e. The lowest BCUT2D eigenvalue weighted by Gasteiger charge is -2.00. The number of halogens is 1. The molecular weight excluding hydrogens is 230 g/mol. The van der Waals surface area contributed by atoms with Gasteiger partial charge in [0.1, 0.15) is 24.6 Å². The predicted octanol–water partition coefficient (Wildman–Crippen LogP) is -3.50. The largest absolute Gasteiger partial charge is 1.00 e. The third-order valence-corrected chi connectivity index (χ3v) is 2.23. The van der Waals surface area contributed by atoms with Crippen molar-refractivity contribution in [3.63, 3.8) is 0 Å². The van der Waals surface area contributed by atoms with Gasteiger partial charge in [0.25, 0.3) is 0 Å². The molecule has 0 unspecified atom stereocenters. The van der Waals surface area contributed by atoms with Crippen LogP contribution in [0, 0.1) is 0 Å². The van der Waals surface area contributed by atoms with Gasteiger partial charge in [-0.25, -0.2) is 13.8 Å². The Morgan fingerprint density at radius 1 is 1.50 bits per heavy atom. The maximum absolute atomic E-state index is 9.48. The van der Waals surface area contributed by atoms with Gasteiger partial charge in [-0.1, -0.05) is 0 Å². The Labute approximate surface area is 99.3 Å². The van der Waals surface area contributed by atoms with Gasteiger partial charge in [0.15, 0.2) is 0 Å². The second kappa shape index (κ2) is 4.89. The molecule has 88 valence electrons. The average Bonchev–Trinajstić information content (AvgIpc) is 2.74. The molecule has 7 heteroatoms. The summed E-state index contributed by atoms with van der Waals surface area (Å²) in [6, 6.07) is 0. The van der Waals surface area contributed by atoms with Crippen LogP contribution in [0.3, 0.4) is 0 Å². The number of aryl methyl sites for hydroxylation is 3. The molecule has 0 aromatic carbocycles. The van der Waals surface area contributed by atoms with Crippen LogP contribution in [-0.4, -0.2) is 19.5 Å². The van der Waals surface area contributed by atoms with E-state index in [-0.39, 0.29) is 18.3 Å². The lowest BCUT2D eigenvalue weighted by molar-refractivity contribution is -0.671. The minimum absolute atomic E-state index is 0. The van der Waals surface area contributed by atoms with Crippen LogP contribution < -0.4 is 22.7 Å². The van der Waals surface area contributed by atoms with Crippen molar-refractivity contribution in [3.8, 4) is 5.88 Å². The molecule has 16 heavy (non-hydrogen) atoms. The summed E-state index contributed by atoms with van der Waals surface area (Å²) in [5, 5.41) is 13.4. The van der Waals surface area contributed by atoms with Crippen LogP contribution in [0.2, 0.25) is 0 Å². The number of anilines is 1. The van der Waals surface area contributed by atoms with Crippen LogP contribution in [0.15, 0.2) is 24.9 Å². The molecule has 6 nitrogen and oxygen atoms in total. The van der Waals surface area contributed by atoms with E-state index < -0.39 is 0 Å². The van der Waals surface area contributed by atoms with Gasteiger partial charge < -0.3 is 23.2 Å². The van der Waals surface area contributed by atoms with Crippen molar-refractivity contribution < 1.29 is 22.1 Å². The van der Waals surface area contributed by atoms with Crippen LogP contribution in [0.1, 0.15) is 0 Å². The fraction of sp³-hybridized carbons (Fsp3) is 0.333. The number of aromatic hydroxyl groups is 1.